The van der Waals surface area contributed by atoms with Crippen LogP contribution in [0.5, 0.6) is 35.3 Å². The minimum absolute atomic E-state index is 0.127. The number of benzene rings is 6. The molecule has 324 valence electrons. The Morgan fingerprint density at radius 1 is 0.364 bits per heavy atom. The van der Waals surface area contributed by atoms with Crippen molar-refractivity contribution in [1.82, 2.24) is 15.0 Å². The minimum Gasteiger partial charge on any atom is -0.424 e. The lowest BCUT2D eigenvalue weighted by atomic mass is 10.1. The summed E-state index contributed by atoms with van der Waals surface area (Å²) >= 11 is 0. The number of non-ortho nitro benzene ring substituents is 3. The van der Waals surface area contributed by atoms with Crippen LogP contribution in [0.4, 0.5) is 17.1 Å². The molecule has 0 fully saturated rings. The highest BCUT2D eigenvalue weighted by Crippen LogP contribution is 2.28. The molecule has 0 spiro atoms. The Balaban J connectivity index is 1.06. The van der Waals surface area contributed by atoms with Crippen molar-refractivity contribution in [3.63, 3.8) is 0 Å². The Bertz CT molecular complexity index is 2700. The summed E-state index contributed by atoms with van der Waals surface area (Å²) < 4.78 is 17.9. The van der Waals surface area contributed by atoms with Gasteiger partial charge >= 0.3 is 18.0 Å². The van der Waals surface area contributed by atoms with Gasteiger partial charge in [0, 0.05) is 53.1 Å². The van der Waals surface area contributed by atoms with Crippen molar-refractivity contribution in [3.05, 3.63) is 228 Å². The third-order valence-corrected chi connectivity index (χ3v) is 9.21. The van der Waals surface area contributed by atoms with Crippen molar-refractivity contribution in [2.75, 3.05) is 0 Å². The molecule has 0 saturated carbocycles. The van der Waals surface area contributed by atoms with Crippen molar-refractivity contribution < 1.29 is 43.4 Å². The largest absolute Gasteiger partial charge is 0.424 e. The van der Waals surface area contributed by atoms with E-state index in [1.807, 2.05) is 0 Å². The number of hydrogen-bond donors (Lipinski definition) is 0. The number of ether oxygens (including phenoxy) is 3. The number of hydrogen-bond acceptors (Lipinski definition) is 15. The van der Waals surface area contributed by atoms with Gasteiger partial charge in [-0.1, -0.05) is 54.6 Å². The number of ketones is 3. The van der Waals surface area contributed by atoms with Gasteiger partial charge in [-0.05, 0) is 108 Å². The molecule has 0 atom stereocenters. The fourth-order valence-electron chi connectivity index (χ4n) is 5.76. The highest BCUT2D eigenvalue weighted by atomic mass is 16.6. The van der Waals surface area contributed by atoms with E-state index in [0.29, 0.717) is 33.9 Å². The van der Waals surface area contributed by atoms with Crippen LogP contribution in [0.25, 0.3) is 18.2 Å². The minimum atomic E-state index is -0.549. The van der Waals surface area contributed by atoms with E-state index in [-0.39, 0.29) is 69.1 Å². The van der Waals surface area contributed by atoms with Gasteiger partial charge < -0.3 is 14.2 Å². The number of allylic oxidation sites excluding steroid dienone is 3. The summed E-state index contributed by atoms with van der Waals surface area (Å²) in [4.78, 5) is 82.0. The van der Waals surface area contributed by atoms with Crippen molar-refractivity contribution in [1.29, 1.82) is 0 Å². The van der Waals surface area contributed by atoms with Crippen LogP contribution in [-0.4, -0.2) is 47.1 Å². The summed E-state index contributed by atoms with van der Waals surface area (Å²) in [5.41, 5.74) is 2.39. The number of carbonyl (C=O) groups is 3. The van der Waals surface area contributed by atoms with Crippen LogP contribution in [-0.2, 0) is 0 Å². The first-order valence-corrected chi connectivity index (χ1v) is 19.4. The predicted molar refractivity (Wildman–Crippen MR) is 239 cm³/mol. The zero-order valence-corrected chi connectivity index (χ0v) is 33.9. The number of nitrogens with zero attached hydrogens (tertiary/aromatic N) is 6. The molecule has 0 amide bonds. The average Bonchev–Trinajstić information content (AvgIpc) is 3.33. The van der Waals surface area contributed by atoms with E-state index in [1.165, 1.54) is 91.0 Å². The third kappa shape index (κ3) is 12.0. The zero-order valence-electron chi connectivity index (χ0n) is 33.9. The van der Waals surface area contributed by atoms with Gasteiger partial charge in [0.05, 0.1) is 14.8 Å². The molecule has 7 rings (SSSR count). The second kappa shape index (κ2) is 20.4. The van der Waals surface area contributed by atoms with Crippen LogP contribution in [0, 0.1) is 30.3 Å². The molecule has 0 N–H and O–H groups in total. The lowest BCUT2D eigenvalue weighted by molar-refractivity contribution is -0.385. The molecule has 0 radical (unpaired) electrons. The molecule has 66 heavy (non-hydrogen) atoms. The molecule has 7 aromatic rings. The van der Waals surface area contributed by atoms with Crippen LogP contribution in [0.15, 0.2) is 164 Å². The second-order valence-electron chi connectivity index (χ2n) is 13.7. The molecule has 18 nitrogen and oxygen atoms in total. The molecule has 0 bridgehead atoms. The van der Waals surface area contributed by atoms with Gasteiger partial charge in [-0.25, -0.2) is 0 Å². The summed E-state index contributed by atoms with van der Waals surface area (Å²) in [6.07, 6.45) is 8.74. The van der Waals surface area contributed by atoms with Crippen LogP contribution in [0.1, 0.15) is 47.8 Å². The molecule has 0 aliphatic heterocycles. The van der Waals surface area contributed by atoms with Gasteiger partial charge in [-0.2, -0.15) is 0 Å². The van der Waals surface area contributed by atoms with E-state index < -0.39 is 14.8 Å². The molecule has 0 aliphatic carbocycles. The van der Waals surface area contributed by atoms with Crippen LogP contribution in [0.3, 0.4) is 0 Å². The van der Waals surface area contributed by atoms with Crippen LogP contribution >= 0.6 is 0 Å². The van der Waals surface area contributed by atoms with Crippen molar-refractivity contribution in [3.8, 4) is 35.3 Å². The quantitative estimate of drug-likeness (QED) is 0.0336. The Kier molecular flexibility index (Phi) is 13.6. The monoisotopic (exact) mass is 882 g/mol. The summed E-state index contributed by atoms with van der Waals surface area (Å²) in [5, 5.41) is 32.8. The standard InChI is InChI=1S/C48H30N6O12/c55-43(34-10-16-37(17-11-34)52(58)59)28-7-31-1-22-40(23-2-31)64-46-49-47(65-41-24-3-32(4-25-41)8-29-44(56)35-12-18-38(19-13-35)53(60)61)51-48(50-46)66-42-26-5-33(6-27-42)9-30-45(57)36-14-20-39(21-15-36)54(62)63/h1-30H/b28-7+,29-8+,30-9+. The van der Waals surface area contributed by atoms with Gasteiger partial charge in [0.2, 0.25) is 0 Å². The maximum Gasteiger partial charge on any atom is 0.331 e. The normalized spacial score (nSPS) is 11.1. The molecule has 0 saturated heterocycles. The maximum absolute atomic E-state index is 12.6. The van der Waals surface area contributed by atoms with E-state index in [2.05, 4.69) is 15.0 Å². The maximum atomic E-state index is 12.6. The number of nitro benzene ring substituents is 3. The smallest absolute Gasteiger partial charge is 0.331 e. The summed E-state index contributed by atoms with van der Waals surface area (Å²) in [6.45, 7) is 0. The molecular weight excluding hydrogens is 853 g/mol. The Hall–Kier alpha value is -9.84. The lowest BCUT2D eigenvalue weighted by Gasteiger charge is -2.10. The lowest BCUT2D eigenvalue weighted by Crippen LogP contribution is -2.01. The van der Waals surface area contributed by atoms with Crippen LogP contribution < -0.4 is 14.2 Å². The van der Waals surface area contributed by atoms with Gasteiger partial charge in [0.1, 0.15) is 17.2 Å². The highest BCUT2D eigenvalue weighted by molar-refractivity contribution is 6.08. The third-order valence-electron chi connectivity index (χ3n) is 9.21. The molecular formula is C48H30N6O12. The summed E-state index contributed by atoms with van der Waals surface area (Å²) in [6, 6.07) is 34.9. The van der Waals surface area contributed by atoms with Gasteiger partial charge in [0.25, 0.3) is 17.1 Å². The first-order valence-electron chi connectivity index (χ1n) is 19.4. The Labute approximate surface area is 372 Å². The van der Waals surface area contributed by atoms with Gasteiger partial charge in [-0.15, -0.1) is 15.0 Å². The molecule has 6 aromatic carbocycles. The van der Waals surface area contributed by atoms with E-state index in [9.17, 15) is 44.7 Å². The predicted octanol–water partition coefficient (Wildman–Crippen LogP) is 10.7. The Morgan fingerprint density at radius 2 is 0.591 bits per heavy atom. The molecule has 1 heterocycles. The summed E-state index contributed by atoms with van der Waals surface area (Å²) in [7, 11) is 0. The number of rotatable bonds is 18. The molecule has 0 unspecified atom stereocenters. The van der Waals surface area contributed by atoms with Crippen molar-refractivity contribution >= 4 is 52.6 Å². The highest BCUT2D eigenvalue weighted by Gasteiger charge is 2.15. The van der Waals surface area contributed by atoms with E-state index in [0.717, 1.165) is 0 Å². The fourth-order valence-corrected chi connectivity index (χ4v) is 5.76. The zero-order chi connectivity index (χ0) is 46.6. The van der Waals surface area contributed by atoms with Crippen LogP contribution in [0.2, 0.25) is 0 Å². The first-order chi connectivity index (χ1) is 31.8. The molecule has 0 aliphatic rings. The topological polar surface area (TPSA) is 247 Å². The second-order valence-corrected chi connectivity index (χ2v) is 13.7. The van der Waals surface area contributed by atoms with Gasteiger partial charge in [0.15, 0.2) is 17.3 Å². The molecule has 1 aromatic heterocycles. The Morgan fingerprint density at radius 3 is 0.803 bits per heavy atom. The van der Waals surface area contributed by atoms with Crippen molar-refractivity contribution in [2.45, 2.75) is 0 Å². The number of carbonyl (C=O) groups excluding carboxylic acids is 3. The summed E-state index contributed by atoms with van der Waals surface area (Å²) in [5.74, 6) is -0.144. The number of aromatic nitrogens is 3. The van der Waals surface area contributed by atoms with E-state index >= 15 is 0 Å². The average molecular weight is 883 g/mol. The van der Waals surface area contributed by atoms with E-state index in [4.69, 9.17) is 14.2 Å². The number of nitro groups is 3. The molecule has 18 heteroatoms. The fraction of sp³-hybridized carbons (Fsp3) is 0. The van der Waals surface area contributed by atoms with Gasteiger partial charge in [-0.3, -0.25) is 44.7 Å². The first kappa shape index (κ1) is 44.2. The van der Waals surface area contributed by atoms with E-state index in [1.54, 1.807) is 91.0 Å². The van der Waals surface area contributed by atoms with Crippen molar-refractivity contribution in [2.24, 2.45) is 0 Å². The SMILES string of the molecule is O=C(/C=C/c1ccc(Oc2nc(Oc3ccc(/C=C/C(=O)c4ccc([N+](=O)[O-])cc4)cc3)nc(Oc3ccc(/C=C/C(=O)c4ccc([N+](=O)[O-])cc4)cc3)n2)cc1)c1ccc([N+](=O)[O-])cc1.